The second kappa shape index (κ2) is 8.57. The van der Waals surface area contributed by atoms with Gasteiger partial charge in [0, 0.05) is 62.1 Å². The first-order valence-electron chi connectivity index (χ1n) is 7.94. The molecule has 3 aromatic rings. The maximum absolute atomic E-state index is 4.43. The molecule has 0 aliphatic heterocycles. The highest BCUT2D eigenvalue weighted by Gasteiger charge is 1.93. The largest absolute Gasteiger partial charge is 0.348 e. The summed E-state index contributed by atoms with van der Waals surface area (Å²) in [6.07, 6.45) is 12.6. The molecule has 0 saturated carbocycles. The number of rotatable bonds is 8. The Hall–Kier alpha value is -3.02. The Labute approximate surface area is 140 Å². The number of aliphatic imine (C=N–C) groups is 2. The maximum atomic E-state index is 4.43. The van der Waals surface area contributed by atoms with Crippen molar-refractivity contribution in [2.45, 2.75) is 12.8 Å². The molecule has 0 fully saturated rings. The lowest BCUT2D eigenvalue weighted by Crippen LogP contribution is -1.92. The van der Waals surface area contributed by atoms with E-state index in [1.54, 1.807) is 12.7 Å². The molecule has 3 rings (SSSR count). The van der Waals surface area contributed by atoms with Crippen molar-refractivity contribution in [2.24, 2.45) is 9.98 Å². The molecule has 24 heavy (non-hydrogen) atoms. The van der Waals surface area contributed by atoms with E-state index in [9.17, 15) is 0 Å². The van der Waals surface area contributed by atoms with Gasteiger partial charge < -0.3 is 9.97 Å². The van der Waals surface area contributed by atoms with Crippen LogP contribution in [0.3, 0.4) is 0 Å². The SMILES string of the molecule is C(=NCCc1cnc[nH]1)c1ccc(C=NCCc2cnc[nH]2)cc1. The van der Waals surface area contributed by atoms with Crippen LogP contribution in [0.25, 0.3) is 0 Å². The van der Waals surface area contributed by atoms with Gasteiger partial charge in [0.05, 0.1) is 12.7 Å². The van der Waals surface area contributed by atoms with Crippen LogP contribution in [0.2, 0.25) is 0 Å². The molecule has 0 aliphatic carbocycles. The number of aromatic nitrogens is 4. The van der Waals surface area contributed by atoms with E-state index in [1.807, 2.05) is 24.8 Å². The van der Waals surface area contributed by atoms with Crippen LogP contribution < -0.4 is 0 Å². The summed E-state index contributed by atoms with van der Waals surface area (Å²) in [5, 5.41) is 0. The van der Waals surface area contributed by atoms with Gasteiger partial charge in [0.1, 0.15) is 0 Å². The number of nitrogens with zero attached hydrogens (tertiary/aromatic N) is 4. The van der Waals surface area contributed by atoms with Crippen molar-refractivity contribution in [3.8, 4) is 0 Å². The summed E-state index contributed by atoms with van der Waals surface area (Å²) in [6, 6.07) is 8.21. The Kier molecular flexibility index (Phi) is 5.66. The summed E-state index contributed by atoms with van der Waals surface area (Å²) in [5.41, 5.74) is 4.39. The predicted octanol–water partition coefficient (Wildman–Crippen LogP) is 2.46. The van der Waals surface area contributed by atoms with Crippen LogP contribution in [-0.4, -0.2) is 45.5 Å². The number of benzene rings is 1. The minimum Gasteiger partial charge on any atom is -0.348 e. The first-order chi connectivity index (χ1) is 11.9. The number of imidazole rings is 2. The Morgan fingerprint density at radius 2 is 1.21 bits per heavy atom. The smallest absolute Gasteiger partial charge is 0.0921 e. The fourth-order valence-electron chi connectivity index (χ4n) is 2.22. The monoisotopic (exact) mass is 320 g/mol. The van der Waals surface area contributed by atoms with E-state index in [0.717, 1.165) is 48.4 Å². The normalized spacial score (nSPS) is 11.7. The summed E-state index contributed by atoms with van der Waals surface area (Å²) in [7, 11) is 0. The van der Waals surface area contributed by atoms with Crippen molar-refractivity contribution < 1.29 is 0 Å². The molecular formula is C18H20N6. The van der Waals surface area contributed by atoms with Gasteiger partial charge in [0.2, 0.25) is 0 Å². The van der Waals surface area contributed by atoms with Crippen LogP contribution in [0.4, 0.5) is 0 Å². The molecule has 0 spiro atoms. The molecule has 0 unspecified atom stereocenters. The van der Waals surface area contributed by atoms with Gasteiger partial charge in [0.25, 0.3) is 0 Å². The topological polar surface area (TPSA) is 82.1 Å². The molecule has 6 nitrogen and oxygen atoms in total. The fourth-order valence-corrected chi connectivity index (χ4v) is 2.22. The first-order valence-corrected chi connectivity index (χ1v) is 7.94. The van der Waals surface area contributed by atoms with Crippen LogP contribution >= 0.6 is 0 Å². The van der Waals surface area contributed by atoms with Crippen LogP contribution in [0, 0.1) is 0 Å². The van der Waals surface area contributed by atoms with E-state index < -0.39 is 0 Å². The van der Waals surface area contributed by atoms with Crippen LogP contribution in [-0.2, 0) is 12.8 Å². The van der Waals surface area contributed by atoms with Crippen molar-refractivity contribution in [1.82, 2.24) is 19.9 Å². The van der Waals surface area contributed by atoms with Gasteiger partial charge >= 0.3 is 0 Å². The lowest BCUT2D eigenvalue weighted by atomic mass is 10.1. The summed E-state index contributed by atoms with van der Waals surface area (Å²) >= 11 is 0. The third kappa shape index (κ3) is 5.01. The molecule has 2 heterocycles. The van der Waals surface area contributed by atoms with E-state index in [2.05, 4.69) is 54.2 Å². The fraction of sp³-hybridized carbons (Fsp3) is 0.222. The van der Waals surface area contributed by atoms with E-state index in [4.69, 9.17) is 0 Å². The van der Waals surface area contributed by atoms with Gasteiger partial charge in [-0.25, -0.2) is 9.97 Å². The van der Waals surface area contributed by atoms with E-state index >= 15 is 0 Å². The zero-order valence-corrected chi connectivity index (χ0v) is 13.4. The Morgan fingerprint density at radius 1 is 0.750 bits per heavy atom. The molecule has 122 valence electrons. The Morgan fingerprint density at radius 3 is 1.58 bits per heavy atom. The number of nitrogens with one attached hydrogen (secondary N) is 2. The summed E-state index contributed by atoms with van der Waals surface area (Å²) in [6.45, 7) is 1.50. The highest BCUT2D eigenvalue weighted by atomic mass is 14.9. The van der Waals surface area contributed by atoms with E-state index in [0.29, 0.717) is 0 Å². The third-order valence-electron chi connectivity index (χ3n) is 3.55. The molecule has 0 saturated heterocycles. The number of H-pyrrole nitrogens is 2. The number of hydrogen-bond acceptors (Lipinski definition) is 4. The molecular weight excluding hydrogens is 300 g/mol. The molecule has 0 bridgehead atoms. The Balaban J connectivity index is 1.42. The average molecular weight is 320 g/mol. The molecule has 2 N–H and O–H groups in total. The second-order valence-electron chi connectivity index (χ2n) is 5.39. The van der Waals surface area contributed by atoms with Crippen molar-refractivity contribution >= 4 is 12.4 Å². The first kappa shape index (κ1) is 15.9. The lowest BCUT2D eigenvalue weighted by Gasteiger charge is -1.97. The lowest BCUT2D eigenvalue weighted by molar-refractivity contribution is 0.938. The van der Waals surface area contributed by atoms with Gasteiger partial charge in [-0.15, -0.1) is 0 Å². The summed E-state index contributed by atoms with van der Waals surface area (Å²) in [5.74, 6) is 0. The minimum absolute atomic E-state index is 0.749. The standard InChI is InChI=1S/C18H20N6/c1-2-16(10-20-8-6-18-12-22-14-24-18)4-3-15(1)9-19-7-5-17-11-21-13-23-17/h1-4,9-14H,5-8H2,(H,21,23)(H,22,24). The second-order valence-corrected chi connectivity index (χ2v) is 5.39. The molecule has 2 aromatic heterocycles. The Bertz CT molecular complexity index is 687. The predicted molar refractivity (Wildman–Crippen MR) is 95.9 cm³/mol. The van der Waals surface area contributed by atoms with Gasteiger partial charge in [0.15, 0.2) is 0 Å². The van der Waals surface area contributed by atoms with Crippen molar-refractivity contribution in [3.63, 3.8) is 0 Å². The van der Waals surface area contributed by atoms with Crippen molar-refractivity contribution in [1.29, 1.82) is 0 Å². The molecule has 0 atom stereocenters. The zero-order chi connectivity index (χ0) is 16.5. The van der Waals surface area contributed by atoms with Crippen LogP contribution in [0.1, 0.15) is 22.5 Å². The van der Waals surface area contributed by atoms with Crippen LogP contribution in [0.5, 0.6) is 0 Å². The van der Waals surface area contributed by atoms with Gasteiger partial charge in [-0.3, -0.25) is 9.98 Å². The number of aromatic amines is 2. The third-order valence-corrected chi connectivity index (χ3v) is 3.55. The maximum Gasteiger partial charge on any atom is 0.0921 e. The molecule has 1 aromatic carbocycles. The van der Waals surface area contributed by atoms with Crippen molar-refractivity contribution in [2.75, 3.05) is 13.1 Å². The van der Waals surface area contributed by atoms with Gasteiger partial charge in [-0.1, -0.05) is 24.3 Å². The van der Waals surface area contributed by atoms with Gasteiger partial charge in [-0.2, -0.15) is 0 Å². The summed E-state index contributed by atoms with van der Waals surface area (Å²) < 4.78 is 0. The van der Waals surface area contributed by atoms with E-state index in [1.165, 1.54) is 0 Å². The molecule has 0 radical (unpaired) electrons. The minimum atomic E-state index is 0.749. The molecule has 0 aliphatic rings. The summed E-state index contributed by atoms with van der Waals surface area (Å²) in [4.78, 5) is 23.0. The molecule has 6 heteroatoms. The quantitative estimate of drug-likeness (QED) is 0.625. The highest BCUT2D eigenvalue weighted by molar-refractivity contribution is 5.84. The van der Waals surface area contributed by atoms with E-state index in [-0.39, 0.29) is 0 Å². The zero-order valence-electron chi connectivity index (χ0n) is 13.4. The van der Waals surface area contributed by atoms with Gasteiger partial charge in [-0.05, 0) is 11.1 Å². The van der Waals surface area contributed by atoms with Crippen molar-refractivity contribution in [3.05, 3.63) is 71.8 Å². The number of hydrogen-bond donors (Lipinski definition) is 2. The molecule has 0 amide bonds. The highest BCUT2D eigenvalue weighted by Crippen LogP contribution is 2.01. The average Bonchev–Trinajstić information content (AvgIpc) is 3.30. The van der Waals surface area contributed by atoms with Crippen LogP contribution in [0.15, 0.2) is 59.3 Å².